The highest BCUT2D eigenvalue weighted by Gasteiger charge is 2.14. The number of halogens is 3. The van der Waals surface area contributed by atoms with Crippen LogP contribution < -0.4 is 4.74 Å². The number of hydrogen-bond acceptors (Lipinski definition) is 3. The number of fused-ring (bicyclic) bond motifs is 1. The van der Waals surface area contributed by atoms with Crippen molar-refractivity contribution in [2.75, 3.05) is 7.11 Å². The molecule has 3 aromatic rings. The van der Waals surface area contributed by atoms with Crippen LogP contribution >= 0.6 is 23.2 Å². The highest BCUT2D eigenvalue weighted by Crippen LogP contribution is 2.31. The summed E-state index contributed by atoms with van der Waals surface area (Å²) < 4.78 is 19.1. The largest absolute Gasteiger partial charge is 0.497 e. The highest BCUT2D eigenvalue weighted by atomic mass is 35.5. The molecule has 6 heteroatoms. The normalized spacial score (nSPS) is 10.9. The molecule has 0 bridgehead atoms. The number of benzene rings is 2. The molecule has 0 N–H and O–H groups in total. The zero-order valence-corrected chi connectivity index (χ0v) is 12.4. The minimum Gasteiger partial charge on any atom is -0.497 e. The lowest BCUT2D eigenvalue weighted by molar-refractivity contribution is 0.411. The van der Waals surface area contributed by atoms with E-state index in [0.717, 1.165) is 0 Å². The van der Waals surface area contributed by atoms with E-state index in [1.807, 2.05) is 0 Å². The maximum Gasteiger partial charge on any atom is 0.164 e. The summed E-state index contributed by atoms with van der Waals surface area (Å²) in [4.78, 5) is 8.46. The van der Waals surface area contributed by atoms with Gasteiger partial charge in [-0.3, -0.25) is 0 Å². The Morgan fingerprint density at radius 1 is 1.10 bits per heavy atom. The standard InChI is InChI=1S/C15H9Cl2FN2O/c1-21-8-5-6-9(11(18)7-8)15-19-12-4-2-3-10(16)13(12)14(17)20-15/h2-7H,1H3. The first kappa shape index (κ1) is 14.0. The summed E-state index contributed by atoms with van der Waals surface area (Å²) in [5.74, 6) is 0.146. The first-order valence-electron chi connectivity index (χ1n) is 6.06. The molecule has 2 aromatic carbocycles. The smallest absolute Gasteiger partial charge is 0.164 e. The van der Waals surface area contributed by atoms with Gasteiger partial charge in [-0.1, -0.05) is 29.3 Å². The molecule has 0 atom stereocenters. The molecule has 0 aliphatic heterocycles. The summed E-state index contributed by atoms with van der Waals surface area (Å²) in [7, 11) is 1.47. The third-order valence-electron chi connectivity index (χ3n) is 3.05. The molecule has 0 fully saturated rings. The molecule has 0 unspecified atom stereocenters. The Morgan fingerprint density at radius 3 is 2.62 bits per heavy atom. The van der Waals surface area contributed by atoms with Crippen molar-refractivity contribution in [3.63, 3.8) is 0 Å². The van der Waals surface area contributed by atoms with E-state index in [2.05, 4.69) is 9.97 Å². The Hall–Kier alpha value is -1.91. The van der Waals surface area contributed by atoms with Gasteiger partial charge in [0.2, 0.25) is 0 Å². The van der Waals surface area contributed by atoms with Crippen LogP contribution in [0.25, 0.3) is 22.3 Å². The second-order valence-electron chi connectivity index (χ2n) is 4.32. The number of nitrogens with zero attached hydrogens (tertiary/aromatic N) is 2. The third-order valence-corrected chi connectivity index (χ3v) is 3.63. The van der Waals surface area contributed by atoms with Gasteiger partial charge >= 0.3 is 0 Å². The second kappa shape index (κ2) is 5.47. The van der Waals surface area contributed by atoms with Gasteiger partial charge in [-0.25, -0.2) is 14.4 Å². The fourth-order valence-electron chi connectivity index (χ4n) is 2.02. The SMILES string of the molecule is COc1ccc(-c2nc(Cl)c3c(Cl)cccc3n2)c(F)c1. The molecule has 3 nitrogen and oxygen atoms in total. The molecule has 3 rings (SSSR count). The first-order chi connectivity index (χ1) is 10.1. The van der Waals surface area contributed by atoms with Crippen molar-refractivity contribution >= 4 is 34.1 Å². The van der Waals surface area contributed by atoms with E-state index in [-0.39, 0.29) is 16.5 Å². The monoisotopic (exact) mass is 322 g/mol. The molecule has 0 spiro atoms. The van der Waals surface area contributed by atoms with Crippen molar-refractivity contribution in [1.29, 1.82) is 0 Å². The third kappa shape index (κ3) is 2.52. The molecule has 0 amide bonds. The maximum atomic E-state index is 14.1. The topological polar surface area (TPSA) is 35.0 Å². The van der Waals surface area contributed by atoms with Crippen LogP contribution in [-0.4, -0.2) is 17.1 Å². The quantitative estimate of drug-likeness (QED) is 0.638. The summed E-state index contributed by atoms with van der Waals surface area (Å²) in [5.41, 5.74) is 0.812. The lowest BCUT2D eigenvalue weighted by atomic mass is 10.1. The van der Waals surface area contributed by atoms with Crippen molar-refractivity contribution in [1.82, 2.24) is 9.97 Å². The van der Waals surface area contributed by atoms with Gasteiger partial charge in [0.1, 0.15) is 16.7 Å². The van der Waals surface area contributed by atoms with Gasteiger partial charge in [0.15, 0.2) is 5.82 Å². The summed E-state index contributed by atoms with van der Waals surface area (Å²) >= 11 is 12.2. The van der Waals surface area contributed by atoms with E-state index in [0.29, 0.717) is 21.7 Å². The van der Waals surface area contributed by atoms with Crippen LogP contribution in [0, 0.1) is 5.82 Å². The number of ether oxygens (including phenoxy) is 1. The Kier molecular flexibility index (Phi) is 3.66. The van der Waals surface area contributed by atoms with Gasteiger partial charge in [-0.15, -0.1) is 0 Å². The average molecular weight is 323 g/mol. The lowest BCUT2D eigenvalue weighted by Crippen LogP contribution is -1.95. The van der Waals surface area contributed by atoms with Gasteiger partial charge in [-0.05, 0) is 24.3 Å². The molecule has 0 aliphatic carbocycles. The fourth-order valence-corrected chi connectivity index (χ4v) is 2.61. The Morgan fingerprint density at radius 2 is 1.90 bits per heavy atom. The maximum absolute atomic E-state index is 14.1. The van der Waals surface area contributed by atoms with Crippen LogP contribution in [0.5, 0.6) is 5.75 Å². The second-order valence-corrected chi connectivity index (χ2v) is 5.08. The minimum absolute atomic E-state index is 0.191. The van der Waals surface area contributed by atoms with Gasteiger partial charge in [0, 0.05) is 6.07 Å². The van der Waals surface area contributed by atoms with Crippen LogP contribution in [0.3, 0.4) is 0 Å². The van der Waals surface area contributed by atoms with Crippen molar-refractivity contribution in [2.45, 2.75) is 0 Å². The molecule has 0 radical (unpaired) electrons. The van der Waals surface area contributed by atoms with Crippen molar-refractivity contribution < 1.29 is 9.13 Å². The van der Waals surface area contributed by atoms with Crippen molar-refractivity contribution in [2.24, 2.45) is 0 Å². The Labute approximate surface area is 130 Å². The van der Waals surface area contributed by atoms with Crippen LogP contribution in [-0.2, 0) is 0 Å². The summed E-state index contributed by atoms with van der Waals surface area (Å²) in [6.45, 7) is 0. The minimum atomic E-state index is -0.480. The summed E-state index contributed by atoms with van der Waals surface area (Å²) in [5, 5.41) is 1.20. The molecule has 0 saturated carbocycles. The van der Waals surface area contributed by atoms with E-state index in [9.17, 15) is 4.39 Å². The first-order valence-corrected chi connectivity index (χ1v) is 6.81. The van der Waals surface area contributed by atoms with Gasteiger partial charge < -0.3 is 4.74 Å². The zero-order valence-electron chi connectivity index (χ0n) is 10.9. The fraction of sp³-hybridized carbons (Fsp3) is 0.0667. The number of rotatable bonds is 2. The number of hydrogen-bond donors (Lipinski definition) is 0. The molecule has 0 saturated heterocycles. The Bertz CT molecular complexity index is 839. The molecule has 106 valence electrons. The van der Waals surface area contributed by atoms with Crippen LogP contribution in [0.1, 0.15) is 0 Å². The molecular formula is C15H9Cl2FN2O. The van der Waals surface area contributed by atoms with Gasteiger partial charge in [0.05, 0.1) is 28.6 Å². The van der Waals surface area contributed by atoms with E-state index in [1.165, 1.54) is 13.2 Å². The predicted octanol–water partition coefficient (Wildman–Crippen LogP) is 4.75. The van der Waals surface area contributed by atoms with E-state index in [4.69, 9.17) is 27.9 Å². The average Bonchev–Trinajstić information content (AvgIpc) is 2.46. The molecule has 21 heavy (non-hydrogen) atoms. The molecule has 0 aliphatic rings. The predicted molar refractivity (Wildman–Crippen MR) is 81.5 cm³/mol. The van der Waals surface area contributed by atoms with Gasteiger partial charge in [0.25, 0.3) is 0 Å². The Balaban J connectivity index is 2.22. The van der Waals surface area contributed by atoms with Crippen molar-refractivity contribution in [3.05, 3.63) is 52.4 Å². The molecular weight excluding hydrogens is 314 g/mol. The molecule has 1 heterocycles. The van der Waals surface area contributed by atoms with Crippen LogP contribution in [0.2, 0.25) is 10.2 Å². The van der Waals surface area contributed by atoms with E-state index >= 15 is 0 Å². The summed E-state index contributed by atoms with van der Waals surface area (Å²) in [6, 6.07) is 9.66. The van der Waals surface area contributed by atoms with Gasteiger partial charge in [-0.2, -0.15) is 0 Å². The lowest BCUT2D eigenvalue weighted by Gasteiger charge is -2.07. The molecule has 1 aromatic heterocycles. The van der Waals surface area contributed by atoms with E-state index in [1.54, 1.807) is 30.3 Å². The van der Waals surface area contributed by atoms with Crippen molar-refractivity contribution in [3.8, 4) is 17.1 Å². The summed E-state index contributed by atoms with van der Waals surface area (Å²) in [6.07, 6.45) is 0. The zero-order chi connectivity index (χ0) is 15.0. The number of methoxy groups -OCH3 is 1. The highest BCUT2D eigenvalue weighted by molar-refractivity contribution is 6.41. The number of aromatic nitrogens is 2. The van der Waals surface area contributed by atoms with Crippen LogP contribution in [0.15, 0.2) is 36.4 Å². The van der Waals surface area contributed by atoms with Crippen LogP contribution in [0.4, 0.5) is 4.39 Å². The van der Waals surface area contributed by atoms with E-state index < -0.39 is 5.82 Å².